The van der Waals surface area contributed by atoms with Gasteiger partial charge in [0.1, 0.15) is 0 Å². The number of aromatic nitrogens is 1. The molecule has 0 unspecified atom stereocenters. The number of hydrogen-bond acceptors (Lipinski definition) is 3. The first kappa shape index (κ1) is 14.4. The van der Waals surface area contributed by atoms with Crippen LogP contribution in [0.15, 0.2) is 17.1 Å². The molecule has 0 aliphatic heterocycles. The first-order valence-electron chi connectivity index (χ1n) is 4.73. The molecule has 96 valence electrons. The fourth-order valence-corrected chi connectivity index (χ4v) is 1.36. The van der Waals surface area contributed by atoms with Crippen LogP contribution in [-0.4, -0.2) is 15.9 Å². The Bertz CT molecular complexity index is 566. The highest BCUT2D eigenvalue weighted by molar-refractivity contribution is 8.13. The molecule has 0 spiro atoms. The van der Waals surface area contributed by atoms with Crippen LogP contribution in [0.4, 0.5) is 13.2 Å². The molecule has 1 N–H and O–H groups in total. The Kier molecular flexibility index (Phi) is 4.62. The average molecular weight is 275 g/mol. The number of halogens is 3. The molecule has 1 rings (SSSR count). The molecule has 0 saturated heterocycles. The Balaban J connectivity index is 2.95. The highest BCUT2D eigenvalue weighted by Gasteiger charge is 2.31. The Hall–Kier alpha value is -1.68. The molecule has 0 amide bonds. The second-order valence-electron chi connectivity index (χ2n) is 3.21. The van der Waals surface area contributed by atoms with Crippen LogP contribution in [0.5, 0.6) is 0 Å². The lowest BCUT2D eigenvalue weighted by atomic mass is 10.2. The molecule has 1 aromatic heterocycles. The van der Waals surface area contributed by atoms with Crippen LogP contribution in [0.1, 0.15) is 18.1 Å². The minimum atomic E-state index is -4.53. The normalized spacial score (nSPS) is 10.7. The third-order valence-corrected chi connectivity index (χ3v) is 2.50. The number of H-pyrrole nitrogens is 1. The van der Waals surface area contributed by atoms with Crippen molar-refractivity contribution in [1.82, 2.24) is 4.98 Å². The van der Waals surface area contributed by atoms with Crippen molar-refractivity contribution in [3.05, 3.63) is 33.7 Å². The largest absolute Gasteiger partial charge is 0.417 e. The second kappa shape index (κ2) is 5.78. The van der Waals surface area contributed by atoms with Gasteiger partial charge in [-0.2, -0.15) is 13.2 Å². The highest BCUT2D eigenvalue weighted by atomic mass is 32.2. The zero-order valence-electron chi connectivity index (χ0n) is 9.22. The minimum absolute atomic E-state index is 0.130. The zero-order chi connectivity index (χ0) is 13.8. The number of pyridine rings is 1. The molecule has 0 bridgehead atoms. The number of carbonyl (C=O) groups is 1. The van der Waals surface area contributed by atoms with Gasteiger partial charge in [0, 0.05) is 13.1 Å². The molecular formula is C11H8F3NO2S. The minimum Gasteiger partial charge on any atom is -0.327 e. The molecule has 0 saturated carbocycles. The second-order valence-corrected chi connectivity index (χ2v) is 4.36. The average Bonchev–Trinajstić information content (AvgIpc) is 2.24. The lowest BCUT2D eigenvalue weighted by Crippen LogP contribution is -2.14. The van der Waals surface area contributed by atoms with Crippen molar-refractivity contribution in [3.63, 3.8) is 0 Å². The van der Waals surface area contributed by atoms with Crippen molar-refractivity contribution in [2.75, 3.05) is 5.75 Å². The van der Waals surface area contributed by atoms with Gasteiger partial charge in [0.15, 0.2) is 5.12 Å². The van der Waals surface area contributed by atoms with Gasteiger partial charge in [0.05, 0.1) is 16.9 Å². The van der Waals surface area contributed by atoms with Gasteiger partial charge in [-0.1, -0.05) is 23.6 Å². The van der Waals surface area contributed by atoms with Crippen molar-refractivity contribution in [2.24, 2.45) is 0 Å². The van der Waals surface area contributed by atoms with Gasteiger partial charge in [0.2, 0.25) is 0 Å². The third-order valence-electron chi connectivity index (χ3n) is 1.80. The number of alkyl halides is 3. The smallest absolute Gasteiger partial charge is 0.327 e. The van der Waals surface area contributed by atoms with E-state index in [0.29, 0.717) is 12.3 Å². The van der Waals surface area contributed by atoms with Gasteiger partial charge in [-0.3, -0.25) is 9.59 Å². The quantitative estimate of drug-likeness (QED) is 0.798. The molecule has 0 aromatic carbocycles. The number of aromatic amines is 1. The highest BCUT2D eigenvalue weighted by Crippen LogP contribution is 2.28. The molecule has 0 fully saturated rings. The predicted octanol–water partition coefficient (Wildman–Crippen LogP) is 2.02. The van der Waals surface area contributed by atoms with E-state index in [4.69, 9.17) is 0 Å². The van der Waals surface area contributed by atoms with Crippen LogP contribution in [0, 0.1) is 11.8 Å². The Morgan fingerprint density at radius 2 is 2.17 bits per heavy atom. The summed E-state index contributed by atoms with van der Waals surface area (Å²) in [6.45, 7) is 1.35. The third kappa shape index (κ3) is 4.30. The van der Waals surface area contributed by atoms with Crippen LogP contribution in [0.3, 0.4) is 0 Å². The Morgan fingerprint density at radius 3 is 2.72 bits per heavy atom. The SMILES string of the molecule is CC(=O)SCC#Cc1cc(C(F)(F)F)c[nH]c1=O. The first-order chi connectivity index (χ1) is 8.30. The number of hydrogen-bond donors (Lipinski definition) is 1. The fraction of sp³-hybridized carbons (Fsp3) is 0.273. The predicted molar refractivity (Wildman–Crippen MR) is 62.1 cm³/mol. The molecule has 18 heavy (non-hydrogen) atoms. The Morgan fingerprint density at radius 1 is 1.50 bits per heavy atom. The van der Waals surface area contributed by atoms with E-state index in [0.717, 1.165) is 11.8 Å². The summed E-state index contributed by atoms with van der Waals surface area (Å²) in [7, 11) is 0. The topological polar surface area (TPSA) is 49.9 Å². The van der Waals surface area contributed by atoms with Crippen molar-refractivity contribution in [3.8, 4) is 11.8 Å². The summed E-state index contributed by atoms with van der Waals surface area (Å²) in [4.78, 5) is 23.8. The number of rotatable bonds is 1. The van der Waals surface area contributed by atoms with Crippen LogP contribution < -0.4 is 5.56 Å². The maximum atomic E-state index is 12.4. The van der Waals surface area contributed by atoms with E-state index in [9.17, 15) is 22.8 Å². The van der Waals surface area contributed by atoms with Crippen LogP contribution in [0.25, 0.3) is 0 Å². The van der Waals surface area contributed by atoms with Gasteiger partial charge in [-0.15, -0.1) is 0 Å². The molecular weight excluding hydrogens is 267 g/mol. The maximum absolute atomic E-state index is 12.4. The van der Waals surface area contributed by atoms with Gasteiger partial charge < -0.3 is 4.98 Å². The van der Waals surface area contributed by atoms with Crippen molar-refractivity contribution >= 4 is 16.9 Å². The molecule has 0 radical (unpaired) electrons. The van der Waals surface area contributed by atoms with Crippen molar-refractivity contribution in [2.45, 2.75) is 13.1 Å². The van der Waals surface area contributed by atoms with Gasteiger partial charge in [0.25, 0.3) is 5.56 Å². The van der Waals surface area contributed by atoms with E-state index >= 15 is 0 Å². The van der Waals surface area contributed by atoms with E-state index in [-0.39, 0.29) is 16.4 Å². The summed E-state index contributed by atoms with van der Waals surface area (Å²) < 4.78 is 37.1. The summed E-state index contributed by atoms with van der Waals surface area (Å²) in [6.07, 6.45) is -3.94. The van der Waals surface area contributed by atoms with Crippen LogP contribution in [0.2, 0.25) is 0 Å². The summed E-state index contributed by atoms with van der Waals surface area (Å²) >= 11 is 0.919. The molecule has 1 heterocycles. The van der Waals surface area contributed by atoms with E-state index < -0.39 is 17.3 Å². The monoisotopic (exact) mass is 275 g/mol. The van der Waals surface area contributed by atoms with Crippen LogP contribution >= 0.6 is 11.8 Å². The molecule has 3 nitrogen and oxygen atoms in total. The lowest BCUT2D eigenvalue weighted by Gasteiger charge is -2.05. The molecule has 0 atom stereocenters. The molecule has 0 aliphatic carbocycles. The van der Waals surface area contributed by atoms with Crippen molar-refractivity contribution in [1.29, 1.82) is 0 Å². The zero-order valence-corrected chi connectivity index (χ0v) is 10.0. The summed E-state index contributed by atoms with van der Waals surface area (Å²) in [5, 5.41) is -0.151. The lowest BCUT2D eigenvalue weighted by molar-refractivity contribution is -0.137. The summed E-state index contributed by atoms with van der Waals surface area (Å²) in [5.74, 6) is 4.90. The number of thioether (sulfide) groups is 1. The van der Waals surface area contributed by atoms with E-state index in [1.54, 1.807) is 0 Å². The van der Waals surface area contributed by atoms with Gasteiger partial charge in [-0.25, -0.2) is 0 Å². The molecule has 0 aliphatic rings. The maximum Gasteiger partial charge on any atom is 0.417 e. The van der Waals surface area contributed by atoms with Gasteiger partial charge in [-0.05, 0) is 6.07 Å². The first-order valence-corrected chi connectivity index (χ1v) is 5.71. The van der Waals surface area contributed by atoms with E-state index in [2.05, 4.69) is 11.8 Å². The van der Waals surface area contributed by atoms with E-state index in [1.807, 2.05) is 4.98 Å². The number of carbonyl (C=O) groups excluding carboxylic acids is 1. The summed E-state index contributed by atoms with van der Waals surface area (Å²) in [6, 6.07) is 0.685. The Labute approximate surface area is 105 Å². The van der Waals surface area contributed by atoms with Crippen molar-refractivity contribution < 1.29 is 18.0 Å². The summed E-state index contributed by atoms with van der Waals surface area (Å²) in [5.41, 5.74) is -1.93. The van der Waals surface area contributed by atoms with Crippen LogP contribution in [-0.2, 0) is 11.0 Å². The standard InChI is InChI=1S/C11H8F3NO2S/c1-7(16)18-4-2-3-8-5-9(11(12,13)14)6-15-10(8)17/h5-6H,4H2,1H3,(H,15,17). The molecule has 7 heteroatoms. The molecule has 1 aromatic rings. The fourth-order valence-electron chi connectivity index (χ4n) is 1.01. The van der Waals surface area contributed by atoms with E-state index in [1.165, 1.54) is 6.92 Å². The van der Waals surface area contributed by atoms with Gasteiger partial charge >= 0.3 is 6.18 Å². The number of nitrogens with one attached hydrogen (secondary N) is 1.